The van der Waals surface area contributed by atoms with Crippen molar-refractivity contribution in [1.82, 2.24) is 0 Å². The van der Waals surface area contributed by atoms with Crippen LogP contribution in [0.1, 0.15) is 63.7 Å². The fourth-order valence-electron chi connectivity index (χ4n) is 2.76. The predicted molar refractivity (Wildman–Crippen MR) is 148 cm³/mol. The van der Waals surface area contributed by atoms with Gasteiger partial charge in [-0.25, -0.2) is 0 Å². The van der Waals surface area contributed by atoms with E-state index in [9.17, 15) is 39.6 Å². The number of carbonyl (C=O) groups excluding carboxylic acids is 4. The van der Waals surface area contributed by atoms with Gasteiger partial charge in [-0.05, 0) is 49.9 Å². The zero-order valence-electron chi connectivity index (χ0n) is 23.0. The minimum atomic E-state index is -1.12. The number of benzene rings is 4. The Balaban J connectivity index is 0.000000516. The number of aromatic carboxylic acids is 4. The van der Waals surface area contributed by atoms with E-state index in [0.717, 1.165) is 22.3 Å². The van der Waals surface area contributed by atoms with Crippen LogP contribution in [-0.2, 0) is 0 Å². The van der Waals surface area contributed by atoms with Crippen molar-refractivity contribution < 1.29 is 39.6 Å². The normalized spacial score (nSPS) is 9.07. The van der Waals surface area contributed by atoms with Gasteiger partial charge in [0.2, 0.25) is 0 Å². The molecule has 0 aliphatic carbocycles. The summed E-state index contributed by atoms with van der Waals surface area (Å²) in [6, 6.07) is 26.2. The number of hydrogen-bond acceptors (Lipinski definition) is 8. The Labute approximate surface area is 259 Å². The van der Waals surface area contributed by atoms with Crippen LogP contribution in [0, 0.1) is 27.7 Å². The van der Waals surface area contributed by atoms with E-state index in [2.05, 4.69) is 0 Å². The van der Waals surface area contributed by atoms with Crippen LogP contribution in [-0.4, -0.2) is 51.2 Å². The van der Waals surface area contributed by atoms with Crippen molar-refractivity contribution in [1.29, 1.82) is 0 Å². The van der Waals surface area contributed by atoms with Gasteiger partial charge in [0, 0.05) is 27.3 Å². The first-order valence-electron chi connectivity index (χ1n) is 11.9. The van der Waals surface area contributed by atoms with Gasteiger partial charge >= 0.3 is 0 Å². The molecule has 4 aromatic rings. The summed E-state index contributed by atoms with van der Waals surface area (Å²) in [4.78, 5) is 40.8. The molecule has 0 unspecified atom stereocenters. The third-order valence-electron chi connectivity index (χ3n) is 5.15. The smallest absolute Gasteiger partial charge is 0.0715 e. The third kappa shape index (κ3) is 15.2. The van der Waals surface area contributed by atoms with Gasteiger partial charge in [0.15, 0.2) is 0 Å². The Hall–Kier alpha value is -4.32. The van der Waals surface area contributed by atoms with Crippen molar-refractivity contribution in [2.24, 2.45) is 0 Å². The Kier molecular flexibility index (Phi) is 16.9. The molecule has 9 heteroatoms. The summed E-state index contributed by atoms with van der Waals surface area (Å²) in [5, 5.41) is 40.8. The second kappa shape index (κ2) is 18.9. The molecule has 8 nitrogen and oxygen atoms in total. The number of carboxylic acid groups (broad SMARTS) is 4. The molecular weight excluding hydrogens is 720 g/mol. The van der Waals surface area contributed by atoms with Crippen LogP contribution in [0.25, 0.3) is 0 Å². The van der Waals surface area contributed by atoms with Crippen molar-refractivity contribution in [3.63, 3.8) is 0 Å². The van der Waals surface area contributed by atoms with Crippen LogP contribution in [0.4, 0.5) is 0 Å². The summed E-state index contributed by atoms with van der Waals surface area (Å²) < 4.78 is 0. The molecule has 4 rings (SSSR count). The fraction of sp³-hybridized carbons (Fsp3) is 0.125. The predicted octanol–water partition coefficient (Wildman–Crippen LogP) is 1.05. The van der Waals surface area contributed by atoms with Crippen molar-refractivity contribution in [2.75, 3.05) is 0 Å². The number of rotatable bonds is 4. The van der Waals surface area contributed by atoms with E-state index in [0.29, 0.717) is 0 Å². The SMILES string of the molecule is Cc1ccc(C(=O)[O-])cc1.Cc1ccc(C(=O)[O-])cc1.Cc1ccc(C(=O)[O-])cc1.Cc1ccc(C(=O)[O-])cc1.[Pb]. The van der Waals surface area contributed by atoms with Crippen LogP contribution in [0.15, 0.2) is 97.1 Å². The van der Waals surface area contributed by atoms with Gasteiger partial charge in [0.05, 0.1) is 23.9 Å². The van der Waals surface area contributed by atoms with Gasteiger partial charge in [-0.1, -0.05) is 119 Å². The summed E-state index contributed by atoms with van der Waals surface area (Å²) in [5.74, 6) is -4.50. The van der Waals surface area contributed by atoms with Gasteiger partial charge in [0.25, 0.3) is 0 Å². The number of hydrogen-bond donors (Lipinski definition) is 0. The molecule has 0 amide bonds. The minimum absolute atomic E-state index is 0. The molecule has 0 bridgehead atoms. The Morgan fingerprint density at radius 3 is 0.561 bits per heavy atom. The first-order valence-corrected chi connectivity index (χ1v) is 11.9. The van der Waals surface area contributed by atoms with E-state index < -0.39 is 23.9 Å². The second-order valence-corrected chi connectivity index (χ2v) is 8.61. The first kappa shape index (κ1) is 36.7. The second-order valence-electron chi connectivity index (χ2n) is 8.61. The maximum Gasteiger partial charge on any atom is 0.0715 e. The molecule has 0 atom stereocenters. The maximum atomic E-state index is 10.2. The van der Waals surface area contributed by atoms with Gasteiger partial charge in [-0.3, -0.25) is 0 Å². The molecule has 0 aliphatic heterocycles. The van der Waals surface area contributed by atoms with Crippen molar-refractivity contribution in [3.8, 4) is 0 Å². The fourth-order valence-corrected chi connectivity index (χ4v) is 2.76. The molecule has 0 saturated heterocycles. The summed E-state index contributed by atoms with van der Waals surface area (Å²) in [5.41, 5.74) is 5.09. The van der Waals surface area contributed by atoms with E-state index in [4.69, 9.17) is 0 Å². The molecule has 0 heterocycles. The number of carboxylic acids is 4. The molecule has 0 saturated carbocycles. The van der Waals surface area contributed by atoms with E-state index in [1.807, 2.05) is 27.7 Å². The molecular formula is C32H28O8Pb-4. The summed E-state index contributed by atoms with van der Waals surface area (Å²) in [7, 11) is 0. The van der Waals surface area contributed by atoms with Crippen molar-refractivity contribution in [3.05, 3.63) is 142 Å². The summed E-state index contributed by atoms with van der Waals surface area (Å²) in [6.07, 6.45) is 0. The van der Waals surface area contributed by atoms with Gasteiger partial charge in [-0.15, -0.1) is 0 Å². The monoisotopic (exact) mass is 748 g/mol. The number of carbonyl (C=O) groups is 4. The largest absolute Gasteiger partial charge is 0.545 e. The Morgan fingerprint density at radius 2 is 0.463 bits per heavy atom. The molecule has 41 heavy (non-hydrogen) atoms. The molecule has 0 aromatic heterocycles. The van der Waals surface area contributed by atoms with Crippen LogP contribution >= 0.6 is 0 Å². The van der Waals surface area contributed by atoms with E-state index in [-0.39, 0.29) is 49.6 Å². The van der Waals surface area contributed by atoms with E-state index >= 15 is 0 Å². The van der Waals surface area contributed by atoms with Gasteiger partial charge in [0.1, 0.15) is 0 Å². The van der Waals surface area contributed by atoms with Crippen LogP contribution in [0.3, 0.4) is 0 Å². The van der Waals surface area contributed by atoms with Gasteiger partial charge < -0.3 is 39.6 Å². The van der Waals surface area contributed by atoms with Crippen LogP contribution in [0.5, 0.6) is 0 Å². The average molecular weight is 748 g/mol. The van der Waals surface area contributed by atoms with Crippen LogP contribution in [0.2, 0.25) is 0 Å². The van der Waals surface area contributed by atoms with Crippen molar-refractivity contribution >= 4 is 51.2 Å². The summed E-state index contributed by atoms with van der Waals surface area (Å²) >= 11 is 0. The van der Waals surface area contributed by atoms with Gasteiger partial charge in [-0.2, -0.15) is 0 Å². The van der Waals surface area contributed by atoms with E-state index in [1.165, 1.54) is 48.5 Å². The quantitative estimate of drug-likeness (QED) is 0.280. The van der Waals surface area contributed by atoms with E-state index in [1.54, 1.807) is 48.5 Å². The molecule has 212 valence electrons. The van der Waals surface area contributed by atoms with Crippen LogP contribution < -0.4 is 20.4 Å². The zero-order valence-corrected chi connectivity index (χ0v) is 26.9. The molecule has 0 N–H and O–H groups in total. The summed E-state index contributed by atoms with van der Waals surface area (Å²) in [6.45, 7) is 7.61. The average Bonchev–Trinajstić information content (AvgIpc) is 2.91. The maximum absolute atomic E-state index is 10.2. The Morgan fingerprint density at radius 1 is 0.341 bits per heavy atom. The molecule has 0 spiro atoms. The number of aryl methyl sites for hydroxylation is 4. The van der Waals surface area contributed by atoms with Crippen molar-refractivity contribution in [2.45, 2.75) is 27.7 Å². The molecule has 4 radical (unpaired) electrons. The molecule has 0 fully saturated rings. The third-order valence-corrected chi connectivity index (χ3v) is 5.15. The minimum Gasteiger partial charge on any atom is -0.545 e. The Bertz CT molecular complexity index is 1170. The topological polar surface area (TPSA) is 161 Å². The first-order chi connectivity index (χ1) is 18.8. The molecule has 4 aromatic carbocycles. The molecule has 0 aliphatic rings. The standard InChI is InChI=1S/4C8H8O2.Pb/c4*1-6-2-4-7(5-3-6)8(9)10;/h4*2-5H,1H3,(H,9,10);/p-4. The zero-order chi connectivity index (χ0) is 30.2.